The third-order valence-electron chi connectivity index (χ3n) is 3.42. The van der Waals surface area contributed by atoms with E-state index < -0.39 is 0 Å². The van der Waals surface area contributed by atoms with Crippen LogP contribution in [0, 0.1) is 0 Å². The zero-order valence-corrected chi connectivity index (χ0v) is 15.2. The highest BCUT2D eigenvalue weighted by Gasteiger charge is 2.12. The van der Waals surface area contributed by atoms with Gasteiger partial charge in [0, 0.05) is 30.8 Å². The Labute approximate surface area is 156 Å². The molecule has 0 aromatic heterocycles. The topological polar surface area (TPSA) is 88.7 Å². The number of benzene rings is 2. The minimum Gasteiger partial charge on any atom is -0.495 e. The van der Waals surface area contributed by atoms with Gasteiger partial charge in [0.2, 0.25) is 5.91 Å². The van der Waals surface area contributed by atoms with Crippen LogP contribution in [-0.4, -0.2) is 32.7 Å². The number of rotatable bonds is 7. The van der Waals surface area contributed by atoms with E-state index in [0.29, 0.717) is 27.9 Å². The SMILES string of the molecule is COc1cc(NC(=O)CCNC(=O)Nc2ccccc2)c(OC)cc1Cl. The fourth-order valence-corrected chi connectivity index (χ4v) is 2.39. The maximum Gasteiger partial charge on any atom is 0.319 e. The molecule has 0 aliphatic rings. The number of methoxy groups -OCH3 is 2. The summed E-state index contributed by atoms with van der Waals surface area (Å²) in [5.74, 6) is 0.551. The number of hydrogen-bond donors (Lipinski definition) is 3. The van der Waals surface area contributed by atoms with Gasteiger partial charge < -0.3 is 25.4 Å². The Balaban J connectivity index is 1.84. The molecular formula is C18H20ClN3O4. The van der Waals surface area contributed by atoms with Crippen molar-refractivity contribution in [1.82, 2.24) is 5.32 Å². The molecule has 0 aliphatic carbocycles. The van der Waals surface area contributed by atoms with E-state index in [2.05, 4.69) is 16.0 Å². The summed E-state index contributed by atoms with van der Waals surface area (Å²) in [5, 5.41) is 8.38. The first kappa shape index (κ1) is 19.4. The number of carbonyl (C=O) groups excluding carboxylic acids is 2. The van der Waals surface area contributed by atoms with Crippen LogP contribution < -0.4 is 25.4 Å². The Morgan fingerprint density at radius 2 is 1.69 bits per heavy atom. The third-order valence-corrected chi connectivity index (χ3v) is 3.71. The molecule has 2 rings (SSSR count). The number of para-hydroxylation sites is 1. The number of ether oxygens (including phenoxy) is 2. The van der Waals surface area contributed by atoms with Crippen LogP contribution in [-0.2, 0) is 4.79 Å². The molecule has 2 aromatic carbocycles. The van der Waals surface area contributed by atoms with E-state index in [-0.39, 0.29) is 24.9 Å². The van der Waals surface area contributed by atoms with Crippen molar-refractivity contribution in [2.45, 2.75) is 6.42 Å². The molecule has 138 valence electrons. The predicted molar refractivity (Wildman–Crippen MR) is 101 cm³/mol. The van der Waals surface area contributed by atoms with Crippen molar-refractivity contribution < 1.29 is 19.1 Å². The highest BCUT2D eigenvalue weighted by atomic mass is 35.5. The van der Waals surface area contributed by atoms with E-state index >= 15 is 0 Å². The Hall–Kier alpha value is -2.93. The van der Waals surface area contributed by atoms with Crippen LogP contribution in [0.15, 0.2) is 42.5 Å². The average Bonchev–Trinajstić information content (AvgIpc) is 2.63. The summed E-state index contributed by atoms with van der Waals surface area (Å²) in [6.07, 6.45) is 0.0936. The van der Waals surface area contributed by atoms with Crippen LogP contribution in [0.1, 0.15) is 6.42 Å². The molecule has 0 fully saturated rings. The molecule has 0 radical (unpaired) electrons. The largest absolute Gasteiger partial charge is 0.495 e. The molecule has 0 aliphatic heterocycles. The predicted octanol–water partition coefficient (Wildman–Crippen LogP) is 3.51. The van der Waals surface area contributed by atoms with Crippen LogP contribution in [0.4, 0.5) is 16.2 Å². The number of hydrogen-bond acceptors (Lipinski definition) is 4. The van der Waals surface area contributed by atoms with Gasteiger partial charge in [0.25, 0.3) is 0 Å². The lowest BCUT2D eigenvalue weighted by Crippen LogP contribution is -2.31. The van der Waals surface area contributed by atoms with Crippen molar-refractivity contribution in [1.29, 1.82) is 0 Å². The van der Waals surface area contributed by atoms with Crippen molar-refractivity contribution in [2.75, 3.05) is 31.4 Å². The van der Waals surface area contributed by atoms with Gasteiger partial charge in [-0.05, 0) is 12.1 Å². The number of urea groups is 1. The molecule has 0 saturated heterocycles. The van der Waals surface area contributed by atoms with Crippen molar-refractivity contribution >= 4 is 34.9 Å². The first-order valence-electron chi connectivity index (χ1n) is 7.84. The third kappa shape index (κ3) is 5.56. The molecule has 2 aromatic rings. The lowest BCUT2D eigenvalue weighted by Gasteiger charge is -2.13. The van der Waals surface area contributed by atoms with Crippen molar-refractivity contribution in [3.05, 3.63) is 47.5 Å². The first-order valence-corrected chi connectivity index (χ1v) is 8.22. The number of anilines is 2. The highest BCUT2D eigenvalue weighted by Crippen LogP contribution is 2.35. The van der Waals surface area contributed by atoms with Gasteiger partial charge >= 0.3 is 6.03 Å². The summed E-state index contributed by atoms with van der Waals surface area (Å²) in [5.41, 5.74) is 1.11. The molecule has 3 N–H and O–H groups in total. The van der Waals surface area contributed by atoms with E-state index in [9.17, 15) is 9.59 Å². The second-order valence-electron chi connectivity index (χ2n) is 5.23. The number of halogens is 1. The quantitative estimate of drug-likeness (QED) is 0.689. The molecule has 26 heavy (non-hydrogen) atoms. The van der Waals surface area contributed by atoms with Gasteiger partial charge in [0.15, 0.2) is 0 Å². The van der Waals surface area contributed by atoms with Crippen molar-refractivity contribution in [2.24, 2.45) is 0 Å². The highest BCUT2D eigenvalue weighted by molar-refractivity contribution is 6.32. The molecule has 0 unspecified atom stereocenters. The summed E-state index contributed by atoms with van der Waals surface area (Å²) < 4.78 is 10.3. The van der Waals surface area contributed by atoms with Crippen molar-refractivity contribution in [3.8, 4) is 11.5 Å². The van der Waals surface area contributed by atoms with Crippen molar-refractivity contribution in [3.63, 3.8) is 0 Å². The van der Waals surface area contributed by atoms with Gasteiger partial charge in [-0.15, -0.1) is 0 Å². The maximum absolute atomic E-state index is 12.1. The van der Waals surface area contributed by atoms with Gasteiger partial charge in [-0.3, -0.25) is 4.79 Å². The number of carbonyl (C=O) groups is 2. The molecule has 0 bridgehead atoms. The number of nitrogens with one attached hydrogen (secondary N) is 3. The summed E-state index contributed by atoms with van der Waals surface area (Å²) in [6.45, 7) is 0.178. The van der Waals surface area contributed by atoms with Gasteiger partial charge in [0.05, 0.1) is 24.9 Å². The fourth-order valence-electron chi connectivity index (χ4n) is 2.16. The lowest BCUT2D eigenvalue weighted by molar-refractivity contribution is -0.116. The monoisotopic (exact) mass is 377 g/mol. The Morgan fingerprint density at radius 1 is 1.00 bits per heavy atom. The smallest absolute Gasteiger partial charge is 0.319 e. The normalized spacial score (nSPS) is 9.96. The molecule has 8 heteroatoms. The molecule has 0 atom stereocenters. The van der Waals surface area contributed by atoms with Gasteiger partial charge in [-0.2, -0.15) is 0 Å². The van der Waals surface area contributed by atoms with Crippen LogP contribution in [0.2, 0.25) is 5.02 Å². The van der Waals surface area contributed by atoms with Gasteiger partial charge in [-0.1, -0.05) is 29.8 Å². The minimum atomic E-state index is -0.380. The first-order chi connectivity index (χ1) is 12.5. The van der Waals surface area contributed by atoms with E-state index in [4.69, 9.17) is 21.1 Å². The van der Waals surface area contributed by atoms with Gasteiger partial charge in [0.1, 0.15) is 11.5 Å². The van der Waals surface area contributed by atoms with Gasteiger partial charge in [-0.25, -0.2) is 4.79 Å². The summed E-state index contributed by atoms with van der Waals surface area (Å²) in [6, 6.07) is 11.8. The van der Waals surface area contributed by atoms with E-state index in [1.807, 2.05) is 18.2 Å². The maximum atomic E-state index is 12.1. The lowest BCUT2D eigenvalue weighted by atomic mass is 10.2. The minimum absolute atomic E-state index is 0.0936. The molecular weight excluding hydrogens is 358 g/mol. The molecule has 7 nitrogen and oxygen atoms in total. The van der Waals surface area contributed by atoms with E-state index in [1.54, 1.807) is 24.3 Å². The zero-order valence-electron chi connectivity index (χ0n) is 14.5. The Bertz CT molecular complexity index is 769. The average molecular weight is 378 g/mol. The molecule has 0 spiro atoms. The standard InChI is InChI=1S/C18H20ClN3O4/c1-25-15-11-14(16(26-2)10-13(15)19)22-17(23)8-9-20-18(24)21-12-6-4-3-5-7-12/h3-7,10-11H,8-9H2,1-2H3,(H,22,23)(H2,20,21,24). The Kier molecular flexibility index (Phi) is 7.11. The zero-order chi connectivity index (χ0) is 18.9. The van der Waals surface area contributed by atoms with E-state index in [1.165, 1.54) is 14.2 Å². The molecule has 3 amide bonds. The van der Waals surface area contributed by atoms with E-state index in [0.717, 1.165) is 0 Å². The van der Waals surface area contributed by atoms with Crippen LogP contribution in [0.25, 0.3) is 0 Å². The summed E-state index contributed by atoms with van der Waals surface area (Å²) in [4.78, 5) is 23.9. The second-order valence-corrected chi connectivity index (χ2v) is 5.64. The summed E-state index contributed by atoms with van der Waals surface area (Å²) in [7, 11) is 2.96. The van der Waals surface area contributed by atoms with Crippen LogP contribution in [0.3, 0.4) is 0 Å². The van der Waals surface area contributed by atoms with Crippen LogP contribution in [0.5, 0.6) is 11.5 Å². The summed E-state index contributed by atoms with van der Waals surface area (Å²) >= 11 is 6.03. The Morgan fingerprint density at radius 3 is 2.35 bits per heavy atom. The fraction of sp³-hybridized carbons (Fsp3) is 0.222. The number of amides is 3. The van der Waals surface area contributed by atoms with Crippen LogP contribution >= 0.6 is 11.6 Å². The second kappa shape index (κ2) is 9.53. The molecule has 0 heterocycles. The molecule has 0 saturated carbocycles.